The van der Waals surface area contributed by atoms with Crippen molar-refractivity contribution in [3.05, 3.63) is 54.1 Å². The summed E-state index contributed by atoms with van der Waals surface area (Å²) in [7, 11) is -3.34. The number of allylic oxidation sites excluding steroid dienone is 4. The van der Waals surface area contributed by atoms with Gasteiger partial charge in [-0.1, -0.05) is 55.0 Å². The minimum atomic E-state index is -3.34. The molecule has 0 spiro atoms. The van der Waals surface area contributed by atoms with E-state index in [1.54, 1.807) is 13.8 Å². The van der Waals surface area contributed by atoms with E-state index in [1.807, 2.05) is 30.4 Å². The van der Waals surface area contributed by atoms with Crippen LogP contribution in [-0.4, -0.2) is 19.7 Å². The van der Waals surface area contributed by atoms with Crippen molar-refractivity contribution in [2.24, 2.45) is 11.3 Å². The van der Waals surface area contributed by atoms with E-state index in [-0.39, 0.29) is 12.0 Å². The van der Waals surface area contributed by atoms with Crippen molar-refractivity contribution < 1.29 is 8.42 Å². The topological polar surface area (TPSA) is 70.0 Å². The Morgan fingerprint density at radius 1 is 1.23 bits per heavy atom. The molecule has 2 aliphatic rings. The Labute approximate surface area is 156 Å². The van der Waals surface area contributed by atoms with Gasteiger partial charge in [-0.05, 0) is 50.2 Å². The van der Waals surface area contributed by atoms with Crippen LogP contribution in [0.5, 0.6) is 0 Å². The highest BCUT2D eigenvalue weighted by atomic mass is 32.2. The van der Waals surface area contributed by atoms with Crippen molar-refractivity contribution in [3.63, 3.8) is 0 Å². The molecule has 26 heavy (non-hydrogen) atoms. The quantitative estimate of drug-likeness (QED) is 0.850. The molecule has 1 aromatic rings. The van der Waals surface area contributed by atoms with E-state index in [4.69, 9.17) is 0 Å². The van der Waals surface area contributed by atoms with Crippen molar-refractivity contribution in [1.29, 1.82) is 5.26 Å². The molecule has 0 radical (unpaired) electrons. The maximum atomic E-state index is 12.3. The lowest BCUT2D eigenvalue weighted by atomic mass is 9.69. The summed E-state index contributed by atoms with van der Waals surface area (Å²) in [6.45, 7) is 3.36. The summed E-state index contributed by atoms with van der Waals surface area (Å²) in [4.78, 5) is 0. The zero-order valence-corrected chi connectivity index (χ0v) is 16.2. The molecule has 138 valence electrons. The van der Waals surface area contributed by atoms with Gasteiger partial charge in [-0.15, -0.1) is 0 Å². The van der Waals surface area contributed by atoms with Gasteiger partial charge in [0, 0.05) is 6.04 Å². The minimum Gasteiger partial charge on any atom is -0.212 e. The molecule has 2 aliphatic carbocycles. The highest BCUT2D eigenvalue weighted by Gasteiger charge is 2.45. The third-order valence-corrected chi connectivity index (χ3v) is 7.52. The number of benzene rings is 1. The molecular weight excluding hydrogens is 344 g/mol. The van der Waals surface area contributed by atoms with Gasteiger partial charge in [0.15, 0.2) is 0 Å². The van der Waals surface area contributed by atoms with Crippen molar-refractivity contribution in [2.45, 2.75) is 50.8 Å². The highest BCUT2D eigenvalue weighted by Crippen LogP contribution is 2.46. The number of nitrogens with zero attached hydrogens (tertiary/aromatic N) is 1. The van der Waals surface area contributed by atoms with Crippen LogP contribution in [0.15, 0.2) is 48.6 Å². The van der Waals surface area contributed by atoms with E-state index < -0.39 is 20.7 Å². The molecule has 0 aliphatic heterocycles. The number of hydrogen-bond donors (Lipinski definition) is 1. The molecule has 3 atom stereocenters. The summed E-state index contributed by atoms with van der Waals surface area (Å²) in [5.41, 5.74) is 1.62. The third-order valence-electron chi connectivity index (χ3n) is 5.65. The monoisotopic (exact) mass is 370 g/mol. The highest BCUT2D eigenvalue weighted by molar-refractivity contribution is 7.90. The lowest BCUT2D eigenvalue weighted by Crippen LogP contribution is -2.45. The van der Waals surface area contributed by atoms with Crippen molar-refractivity contribution in [3.8, 4) is 6.07 Å². The zero-order chi connectivity index (χ0) is 18.8. The summed E-state index contributed by atoms with van der Waals surface area (Å²) in [5, 5.41) is 9.51. The van der Waals surface area contributed by atoms with Gasteiger partial charge in [0.05, 0.1) is 16.7 Å². The molecule has 0 heterocycles. The zero-order valence-electron chi connectivity index (χ0n) is 15.4. The second-order valence-electron chi connectivity index (χ2n) is 7.57. The number of rotatable bonds is 5. The maximum absolute atomic E-state index is 12.3. The fraction of sp³-hybridized carbons (Fsp3) is 0.476. The van der Waals surface area contributed by atoms with E-state index >= 15 is 0 Å². The van der Waals surface area contributed by atoms with Gasteiger partial charge in [0.25, 0.3) is 0 Å². The first-order chi connectivity index (χ1) is 12.4. The van der Waals surface area contributed by atoms with E-state index in [9.17, 15) is 13.7 Å². The Balaban J connectivity index is 1.82. The molecule has 1 saturated carbocycles. The van der Waals surface area contributed by atoms with E-state index in [1.165, 1.54) is 0 Å². The van der Waals surface area contributed by atoms with Gasteiger partial charge < -0.3 is 0 Å². The fourth-order valence-corrected chi connectivity index (χ4v) is 4.98. The maximum Gasteiger partial charge on any atom is 0.214 e. The molecule has 3 unspecified atom stereocenters. The molecule has 1 N–H and O–H groups in total. The second-order valence-corrected chi connectivity index (χ2v) is 9.84. The lowest BCUT2D eigenvalue weighted by molar-refractivity contribution is 0.274. The Bertz CT molecular complexity index is 850. The average Bonchev–Trinajstić information content (AvgIpc) is 3.10. The fourth-order valence-electron chi connectivity index (χ4n) is 4.00. The molecule has 4 nitrogen and oxygen atoms in total. The van der Waals surface area contributed by atoms with Crippen LogP contribution in [0.3, 0.4) is 0 Å². The molecule has 0 amide bonds. The Hall–Kier alpha value is -1.90. The first-order valence-corrected chi connectivity index (χ1v) is 10.8. The SMILES string of the molecule is CC(C)S(=O)(=O)NC1CCCC1C1(C#N)C=CC(c2ccccc2)=CC1. The predicted octanol–water partition coefficient (Wildman–Crippen LogP) is 4.04. The van der Waals surface area contributed by atoms with Crippen LogP contribution in [0.25, 0.3) is 5.57 Å². The number of nitrogens with one attached hydrogen (secondary N) is 1. The molecule has 0 bridgehead atoms. The lowest BCUT2D eigenvalue weighted by Gasteiger charge is -2.35. The summed E-state index contributed by atoms with van der Waals surface area (Å²) < 4.78 is 27.5. The van der Waals surface area contributed by atoms with Crippen LogP contribution < -0.4 is 4.72 Å². The molecule has 1 aromatic carbocycles. The van der Waals surface area contributed by atoms with Crippen LogP contribution in [-0.2, 0) is 10.0 Å². The molecule has 0 aromatic heterocycles. The van der Waals surface area contributed by atoms with Crippen LogP contribution in [0, 0.1) is 22.7 Å². The summed E-state index contributed by atoms with van der Waals surface area (Å²) >= 11 is 0. The van der Waals surface area contributed by atoms with E-state index in [2.05, 4.69) is 29.0 Å². The Morgan fingerprint density at radius 2 is 1.96 bits per heavy atom. The van der Waals surface area contributed by atoms with Gasteiger partial charge in [-0.3, -0.25) is 0 Å². The van der Waals surface area contributed by atoms with Gasteiger partial charge >= 0.3 is 0 Å². The van der Waals surface area contributed by atoms with E-state index in [0.717, 1.165) is 30.4 Å². The van der Waals surface area contributed by atoms with Crippen molar-refractivity contribution in [1.82, 2.24) is 4.72 Å². The van der Waals surface area contributed by atoms with Gasteiger partial charge in [0.2, 0.25) is 10.0 Å². The number of sulfonamides is 1. The van der Waals surface area contributed by atoms with Crippen LogP contribution in [0.2, 0.25) is 0 Å². The van der Waals surface area contributed by atoms with Crippen molar-refractivity contribution in [2.75, 3.05) is 0 Å². The van der Waals surface area contributed by atoms with Gasteiger partial charge in [0.1, 0.15) is 0 Å². The average molecular weight is 371 g/mol. The largest absolute Gasteiger partial charge is 0.214 e. The van der Waals surface area contributed by atoms with Crippen LogP contribution in [0.1, 0.15) is 45.1 Å². The molecule has 5 heteroatoms. The normalized spacial score (nSPS) is 28.8. The molecule has 1 fully saturated rings. The molecular formula is C21H26N2O2S. The molecule has 3 rings (SSSR count). The summed E-state index contributed by atoms with van der Waals surface area (Å²) in [5.74, 6) is 0.00542. The Morgan fingerprint density at radius 3 is 2.54 bits per heavy atom. The van der Waals surface area contributed by atoms with Crippen LogP contribution in [0.4, 0.5) is 0 Å². The summed E-state index contributed by atoms with van der Waals surface area (Å²) in [6.07, 6.45) is 9.37. The first kappa shape index (κ1) is 18.9. The number of hydrogen-bond acceptors (Lipinski definition) is 3. The standard InChI is InChI=1S/C21H26N2O2S/c1-16(2)26(24,25)23-20-10-6-9-19(20)21(15-22)13-11-18(12-14-21)17-7-4-3-5-8-17/h3-5,7-8,11-13,16,19-20,23H,6,9-10,14H2,1-2H3. The number of nitriles is 1. The second kappa shape index (κ2) is 7.38. The first-order valence-electron chi connectivity index (χ1n) is 9.25. The minimum absolute atomic E-state index is 0.00542. The smallest absolute Gasteiger partial charge is 0.212 e. The third kappa shape index (κ3) is 3.62. The van der Waals surface area contributed by atoms with Crippen molar-refractivity contribution >= 4 is 15.6 Å². The van der Waals surface area contributed by atoms with Crippen LogP contribution >= 0.6 is 0 Å². The van der Waals surface area contributed by atoms with Gasteiger partial charge in [-0.2, -0.15) is 5.26 Å². The molecule has 0 saturated heterocycles. The Kier molecular flexibility index (Phi) is 5.36. The van der Waals surface area contributed by atoms with E-state index in [0.29, 0.717) is 6.42 Å². The van der Waals surface area contributed by atoms with Gasteiger partial charge in [-0.25, -0.2) is 13.1 Å². The summed E-state index contributed by atoms with van der Waals surface area (Å²) in [6, 6.07) is 12.5. The predicted molar refractivity (Wildman–Crippen MR) is 105 cm³/mol.